The first-order valence-corrected chi connectivity index (χ1v) is 8.07. The van der Waals surface area contributed by atoms with Crippen molar-refractivity contribution in [3.05, 3.63) is 36.4 Å². The summed E-state index contributed by atoms with van der Waals surface area (Å²) >= 11 is 0. The molecule has 0 spiro atoms. The van der Waals surface area contributed by atoms with Crippen LogP contribution in [0.5, 0.6) is 11.5 Å². The molecule has 10 nitrogen and oxygen atoms in total. The van der Waals surface area contributed by atoms with Crippen molar-refractivity contribution < 1.29 is 28.7 Å². The number of hydrogen-bond donors (Lipinski definition) is 0. The van der Waals surface area contributed by atoms with Gasteiger partial charge in [0.15, 0.2) is 0 Å². The van der Waals surface area contributed by atoms with Crippen LogP contribution in [0.4, 0.5) is 22.7 Å². The Labute approximate surface area is 163 Å². The van der Waals surface area contributed by atoms with Gasteiger partial charge in [-0.1, -0.05) is 0 Å². The molecule has 0 amide bonds. The normalized spacial score (nSPS) is 9.10. The first kappa shape index (κ1) is 20.9. The molecule has 0 heterocycles. The summed E-state index contributed by atoms with van der Waals surface area (Å²) in [5, 5.41) is 0. The van der Waals surface area contributed by atoms with Crippen molar-refractivity contribution in [1.29, 1.82) is 0 Å². The fraction of sp³-hybridized carbons (Fsp3) is 0.158. The predicted octanol–water partition coefficient (Wildman–Crippen LogP) is 3.40. The molecule has 0 aromatic heterocycles. The summed E-state index contributed by atoms with van der Waals surface area (Å²) in [4.78, 5) is 55.8. The Bertz CT molecular complexity index is 989. The average Bonchev–Trinajstić information content (AvgIpc) is 2.72. The summed E-state index contributed by atoms with van der Waals surface area (Å²) in [6, 6.07) is 8.71. The minimum absolute atomic E-state index is 0.175. The lowest BCUT2D eigenvalue weighted by molar-refractivity contribution is 0.248. The van der Waals surface area contributed by atoms with Gasteiger partial charge in [-0.25, -0.2) is 19.2 Å². The number of carbonyl (C=O) groups excluding carboxylic acids is 4. The molecule has 0 bridgehead atoms. The summed E-state index contributed by atoms with van der Waals surface area (Å²) in [5.41, 5.74) is 1.04. The van der Waals surface area contributed by atoms with Crippen LogP contribution in [0.15, 0.2) is 56.4 Å². The zero-order valence-electron chi connectivity index (χ0n) is 14.8. The Kier molecular flexibility index (Phi) is 8.14. The van der Waals surface area contributed by atoms with E-state index in [0.29, 0.717) is 17.8 Å². The van der Waals surface area contributed by atoms with E-state index in [2.05, 4.69) is 20.0 Å². The third kappa shape index (κ3) is 6.34. The van der Waals surface area contributed by atoms with Gasteiger partial charge in [0.2, 0.25) is 24.3 Å². The standard InChI is InChI=1S/C19H12N4O6/c24-10-20-14-2-4-16(22-12-26)18(8-14)28-6-1-7-29-19-9-15(21-11-25)3-5-17(19)23-13-27/h2-5,8-9H,1,6-7H2. The first-order chi connectivity index (χ1) is 14.2. The fourth-order valence-corrected chi connectivity index (χ4v) is 2.19. The minimum Gasteiger partial charge on any atom is -0.491 e. The Morgan fingerprint density at radius 1 is 0.621 bits per heavy atom. The molecular weight excluding hydrogens is 380 g/mol. The summed E-state index contributed by atoms with van der Waals surface area (Å²) < 4.78 is 11.1. The average molecular weight is 392 g/mol. The van der Waals surface area contributed by atoms with Crippen molar-refractivity contribution in [2.24, 2.45) is 20.0 Å². The van der Waals surface area contributed by atoms with E-state index in [4.69, 9.17) is 9.47 Å². The molecule has 0 saturated heterocycles. The van der Waals surface area contributed by atoms with Gasteiger partial charge in [0.1, 0.15) is 22.9 Å². The van der Waals surface area contributed by atoms with Crippen LogP contribution in [0.25, 0.3) is 0 Å². The third-order valence-corrected chi connectivity index (χ3v) is 3.37. The summed E-state index contributed by atoms with van der Waals surface area (Å²) in [7, 11) is 0. The number of benzene rings is 2. The van der Waals surface area contributed by atoms with Gasteiger partial charge >= 0.3 is 0 Å². The number of ether oxygens (including phenoxy) is 2. The van der Waals surface area contributed by atoms with Crippen LogP contribution in [0, 0.1) is 0 Å². The van der Waals surface area contributed by atoms with Gasteiger partial charge in [-0.2, -0.15) is 20.0 Å². The molecule has 29 heavy (non-hydrogen) atoms. The van der Waals surface area contributed by atoms with Crippen LogP contribution in [-0.4, -0.2) is 37.5 Å². The molecule has 0 fully saturated rings. The topological polar surface area (TPSA) is 136 Å². The molecule has 0 saturated carbocycles. The highest BCUT2D eigenvalue weighted by atomic mass is 16.5. The van der Waals surface area contributed by atoms with Gasteiger partial charge in [-0.3, -0.25) is 0 Å². The number of rotatable bonds is 10. The third-order valence-electron chi connectivity index (χ3n) is 3.37. The van der Waals surface area contributed by atoms with E-state index in [0.717, 1.165) is 0 Å². The van der Waals surface area contributed by atoms with Crippen molar-refractivity contribution in [3.8, 4) is 11.5 Å². The highest BCUT2D eigenvalue weighted by Crippen LogP contribution is 2.33. The van der Waals surface area contributed by atoms with E-state index in [1.807, 2.05) is 0 Å². The van der Waals surface area contributed by atoms with E-state index in [1.54, 1.807) is 0 Å². The highest BCUT2D eigenvalue weighted by molar-refractivity contribution is 5.65. The Morgan fingerprint density at radius 2 is 1.03 bits per heavy atom. The molecule has 0 aliphatic carbocycles. The largest absolute Gasteiger partial charge is 0.491 e. The minimum atomic E-state index is 0.175. The van der Waals surface area contributed by atoms with Crippen LogP contribution < -0.4 is 9.47 Å². The van der Waals surface area contributed by atoms with Gasteiger partial charge in [-0.15, -0.1) is 0 Å². The van der Waals surface area contributed by atoms with Gasteiger partial charge < -0.3 is 9.47 Å². The zero-order chi connectivity index (χ0) is 20.9. The van der Waals surface area contributed by atoms with E-state index in [-0.39, 0.29) is 36.1 Å². The molecular formula is C19H12N4O6. The van der Waals surface area contributed by atoms with Crippen LogP contribution >= 0.6 is 0 Å². The van der Waals surface area contributed by atoms with Gasteiger partial charge in [0, 0.05) is 18.6 Å². The molecule has 0 N–H and O–H groups in total. The van der Waals surface area contributed by atoms with E-state index < -0.39 is 0 Å². The smallest absolute Gasteiger partial charge is 0.240 e. The molecule has 0 aliphatic heterocycles. The van der Waals surface area contributed by atoms with Crippen molar-refractivity contribution in [2.75, 3.05) is 13.2 Å². The second kappa shape index (κ2) is 11.3. The van der Waals surface area contributed by atoms with E-state index in [1.165, 1.54) is 60.7 Å². The fourth-order valence-electron chi connectivity index (χ4n) is 2.19. The molecule has 2 rings (SSSR count). The van der Waals surface area contributed by atoms with Crippen molar-refractivity contribution in [2.45, 2.75) is 6.42 Å². The molecule has 0 aliphatic rings. The second-order valence-corrected chi connectivity index (χ2v) is 5.17. The van der Waals surface area contributed by atoms with Gasteiger partial charge in [0.05, 0.1) is 24.6 Å². The van der Waals surface area contributed by atoms with Crippen LogP contribution in [0.3, 0.4) is 0 Å². The highest BCUT2D eigenvalue weighted by Gasteiger charge is 2.07. The number of hydrogen-bond acceptors (Lipinski definition) is 10. The van der Waals surface area contributed by atoms with E-state index >= 15 is 0 Å². The Morgan fingerprint density at radius 3 is 1.41 bits per heavy atom. The van der Waals surface area contributed by atoms with Crippen molar-refractivity contribution >= 4 is 47.1 Å². The zero-order valence-corrected chi connectivity index (χ0v) is 14.8. The first-order valence-electron chi connectivity index (χ1n) is 8.07. The quantitative estimate of drug-likeness (QED) is 0.345. The summed E-state index contributed by atoms with van der Waals surface area (Å²) in [6.07, 6.45) is 6.05. The lowest BCUT2D eigenvalue weighted by Gasteiger charge is -2.11. The second-order valence-electron chi connectivity index (χ2n) is 5.17. The lowest BCUT2D eigenvalue weighted by Crippen LogP contribution is -2.05. The summed E-state index contributed by atoms with van der Waals surface area (Å²) in [6.45, 7) is 0.349. The van der Waals surface area contributed by atoms with Crippen molar-refractivity contribution in [1.82, 2.24) is 0 Å². The number of nitrogens with zero attached hydrogens (tertiary/aromatic N) is 4. The number of aliphatic imine (C=N–C) groups is 4. The van der Waals surface area contributed by atoms with Crippen molar-refractivity contribution in [3.63, 3.8) is 0 Å². The lowest BCUT2D eigenvalue weighted by atomic mass is 10.2. The van der Waals surface area contributed by atoms with E-state index in [9.17, 15) is 19.2 Å². The molecule has 0 unspecified atom stereocenters. The molecule has 2 aromatic carbocycles. The Balaban J connectivity index is 2.01. The summed E-state index contributed by atoms with van der Waals surface area (Å²) in [5.74, 6) is 0.469. The molecule has 2 aromatic rings. The molecule has 0 radical (unpaired) electrons. The maximum absolute atomic E-state index is 10.5. The maximum atomic E-state index is 10.5. The SMILES string of the molecule is O=C=Nc1ccc(N=C=O)c(OCCCOc2cc(N=C=O)ccc2N=C=O)c1. The monoisotopic (exact) mass is 392 g/mol. The molecule has 0 atom stereocenters. The molecule has 10 heteroatoms. The van der Waals surface area contributed by atoms with Gasteiger partial charge in [0.25, 0.3) is 0 Å². The van der Waals surface area contributed by atoms with Gasteiger partial charge in [-0.05, 0) is 24.3 Å². The maximum Gasteiger partial charge on any atom is 0.240 e. The molecule has 144 valence electrons. The predicted molar refractivity (Wildman–Crippen MR) is 99.6 cm³/mol. The Hall–Kier alpha value is -4.44. The number of isocyanates is 4. The van der Waals surface area contributed by atoms with Crippen LogP contribution in [-0.2, 0) is 19.2 Å². The van der Waals surface area contributed by atoms with Crippen LogP contribution in [0.1, 0.15) is 6.42 Å². The van der Waals surface area contributed by atoms with Crippen LogP contribution in [0.2, 0.25) is 0 Å².